The summed E-state index contributed by atoms with van der Waals surface area (Å²) in [6, 6.07) is 7.74. The number of rotatable bonds is 4. The van der Waals surface area contributed by atoms with Gasteiger partial charge >= 0.3 is 5.97 Å². The molecule has 5 nitrogen and oxygen atoms in total. The van der Waals surface area contributed by atoms with Crippen LogP contribution >= 0.6 is 0 Å². The molecule has 0 radical (unpaired) electrons. The van der Waals surface area contributed by atoms with Gasteiger partial charge in [-0.15, -0.1) is 0 Å². The molecule has 1 N–H and O–H groups in total. The van der Waals surface area contributed by atoms with E-state index in [9.17, 15) is 15.2 Å². The summed E-state index contributed by atoms with van der Waals surface area (Å²) >= 11 is 0. The standard InChI is InChI=1S/C22H28N2O3/c1-15-13-22(5,6)24(9-10-25)19-8-7-16(12-18(15)19)11-17(14-23)20(26)27-21(2,3)4/h7-8,11-13,25H,9-10H2,1-6H3/b17-11+. The maximum absolute atomic E-state index is 12.2. The van der Waals surface area contributed by atoms with Crippen molar-refractivity contribution >= 4 is 23.3 Å². The van der Waals surface area contributed by atoms with E-state index in [1.165, 1.54) is 0 Å². The van der Waals surface area contributed by atoms with E-state index < -0.39 is 11.6 Å². The lowest BCUT2D eigenvalue weighted by atomic mass is 9.88. The number of anilines is 1. The van der Waals surface area contributed by atoms with Gasteiger partial charge in [0, 0.05) is 17.8 Å². The van der Waals surface area contributed by atoms with Crippen molar-refractivity contribution in [2.75, 3.05) is 18.1 Å². The number of hydrogen-bond donors (Lipinski definition) is 1. The largest absolute Gasteiger partial charge is 0.456 e. The third-order valence-electron chi connectivity index (χ3n) is 4.38. The molecular weight excluding hydrogens is 340 g/mol. The summed E-state index contributed by atoms with van der Waals surface area (Å²) in [4.78, 5) is 14.4. The number of aliphatic hydroxyl groups excluding tert-OH is 1. The van der Waals surface area contributed by atoms with Gasteiger partial charge in [-0.2, -0.15) is 5.26 Å². The van der Waals surface area contributed by atoms with Crippen LogP contribution in [0, 0.1) is 11.3 Å². The topological polar surface area (TPSA) is 73.6 Å². The van der Waals surface area contributed by atoms with E-state index in [1.54, 1.807) is 26.8 Å². The molecule has 5 heteroatoms. The molecule has 0 fully saturated rings. The maximum Gasteiger partial charge on any atom is 0.349 e. The first-order chi connectivity index (χ1) is 12.5. The predicted molar refractivity (Wildman–Crippen MR) is 108 cm³/mol. The number of ether oxygens (including phenoxy) is 1. The molecule has 1 heterocycles. The lowest BCUT2D eigenvalue weighted by Crippen LogP contribution is -2.46. The number of benzene rings is 1. The molecule has 0 unspecified atom stereocenters. The smallest absolute Gasteiger partial charge is 0.349 e. The van der Waals surface area contributed by atoms with Gasteiger partial charge in [0.2, 0.25) is 0 Å². The number of carbonyl (C=O) groups excluding carboxylic acids is 1. The summed E-state index contributed by atoms with van der Waals surface area (Å²) in [5.74, 6) is -0.627. The molecule has 0 aromatic heterocycles. The van der Waals surface area contributed by atoms with Crippen molar-refractivity contribution in [1.82, 2.24) is 0 Å². The highest BCUT2D eigenvalue weighted by atomic mass is 16.6. The Morgan fingerprint density at radius 1 is 1.37 bits per heavy atom. The maximum atomic E-state index is 12.2. The van der Waals surface area contributed by atoms with Crippen LogP contribution in [-0.2, 0) is 9.53 Å². The number of nitrogens with zero attached hydrogens (tertiary/aromatic N) is 2. The molecule has 0 saturated heterocycles. The summed E-state index contributed by atoms with van der Waals surface area (Å²) < 4.78 is 5.30. The summed E-state index contributed by atoms with van der Waals surface area (Å²) in [5.41, 5.74) is 3.04. The van der Waals surface area contributed by atoms with Crippen LogP contribution in [0.4, 0.5) is 5.69 Å². The lowest BCUT2D eigenvalue weighted by Gasteiger charge is -2.43. The van der Waals surface area contributed by atoms with Crippen molar-refractivity contribution in [3.63, 3.8) is 0 Å². The molecule has 0 aliphatic carbocycles. The van der Waals surface area contributed by atoms with E-state index in [2.05, 4.69) is 24.8 Å². The minimum Gasteiger partial charge on any atom is -0.456 e. The van der Waals surface area contributed by atoms with Crippen LogP contribution in [0.1, 0.15) is 52.7 Å². The van der Waals surface area contributed by atoms with Crippen LogP contribution in [-0.4, -0.2) is 35.4 Å². The highest BCUT2D eigenvalue weighted by Crippen LogP contribution is 2.39. The quantitative estimate of drug-likeness (QED) is 0.495. The normalized spacial score (nSPS) is 16.3. The third-order valence-corrected chi connectivity index (χ3v) is 4.38. The number of hydrogen-bond acceptors (Lipinski definition) is 5. The highest BCUT2D eigenvalue weighted by Gasteiger charge is 2.30. The van der Waals surface area contributed by atoms with Crippen LogP contribution in [0.15, 0.2) is 29.8 Å². The Kier molecular flexibility index (Phi) is 5.82. The van der Waals surface area contributed by atoms with Crippen LogP contribution in [0.25, 0.3) is 11.6 Å². The van der Waals surface area contributed by atoms with E-state index in [0.717, 1.165) is 22.4 Å². The fourth-order valence-electron chi connectivity index (χ4n) is 3.34. The van der Waals surface area contributed by atoms with Gasteiger partial charge in [-0.1, -0.05) is 12.1 Å². The second-order valence-corrected chi connectivity index (χ2v) is 8.30. The van der Waals surface area contributed by atoms with Gasteiger partial charge in [0.25, 0.3) is 0 Å². The van der Waals surface area contributed by atoms with Crippen molar-refractivity contribution in [2.24, 2.45) is 0 Å². The molecule has 27 heavy (non-hydrogen) atoms. The SMILES string of the molecule is CC1=CC(C)(C)N(CCO)c2ccc(/C=C(\C#N)C(=O)OC(C)(C)C)cc21. The fraction of sp³-hybridized carbons (Fsp3) is 0.455. The number of β-amino-alcohol motifs (C(OH)–C–C–N with tert-alkyl or cyclic N) is 1. The summed E-state index contributed by atoms with van der Waals surface area (Å²) in [7, 11) is 0. The van der Waals surface area contributed by atoms with Crippen molar-refractivity contribution in [1.29, 1.82) is 5.26 Å². The molecular formula is C22H28N2O3. The second kappa shape index (κ2) is 7.58. The van der Waals surface area contributed by atoms with Crippen molar-refractivity contribution in [3.8, 4) is 6.07 Å². The van der Waals surface area contributed by atoms with Gasteiger partial charge in [-0.25, -0.2) is 4.79 Å². The Morgan fingerprint density at radius 3 is 2.59 bits per heavy atom. The van der Waals surface area contributed by atoms with Crippen molar-refractivity contribution in [3.05, 3.63) is 41.0 Å². The molecule has 1 aliphatic heterocycles. The van der Waals surface area contributed by atoms with Crippen LogP contribution in [0.5, 0.6) is 0 Å². The first-order valence-corrected chi connectivity index (χ1v) is 9.06. The minimum atomic E-state index is -0.654. The number of allylic oxidation sites excluding steroid dienone is 1. The van der Waals surface area contributed by atoms with Crippen LogP contribution in [0.2, 0.25) is 0 Å². The van der Waals surface area contributed by atoms with Crippen LogP contribution < -0.4 is 4.90 Å². The van der Waals surface area contributed by atoms with E-state index in [4.69, 9.17) is 4.74 Å². The van der Waals surface area contributed by atoms with Gasteiger partial charge in [-0.3, -0.25) is 0 Å². The fourth-order valence-corrected chi connectivity index (χ4v) is 3.34. The molecule has 0 atom stereocenters. The summed E-state index contributed by atoms with van der Waals surface area (Å²) in [6.07, 6.45) is 3.72. The van der Waals surface area contributed by atoms with Gasteiger partial charge in [-0.05, 0) is 70.9 Å². The monoisotopic (exact) mass is 368 g/mol. The van der Waals surface area contributed by atoms with Gasteiger partial charge in [0.1, 0.15) is 17.2 Å². The number of aliphatic hydroxyl groups is 1. The molecule has 0 amide bonds. The second-order valence-electron chi connectivity index (χ2n) is 8.30. The van der Waals surface area contributed by atoms with Gasteiger partial charge in [0.05, 0.1) is 12.1 Å². The Hall–Kier alpha value is -2.58. The summed E-state index contributed by atoms with van der Waals surface area (Å²) in [5, 5.41) is 18.8. The third kappa shape index (κ3) is 4.78. The first-order valence-electron chi connectivity index (χ1n) is 9.06. The lowest BCUT2D eigenvalue weighted by molar-refractivity contribution is -0.149. The first kappa shape index (κ1) is 20.7. The molecule has 0 bridgehead atoms. The number of nitriles is 1. The van der Waals surface area contributed by atoms with E-state index >= 15 is 0 Å². The minimum absolute atomic E-state index is 0.0325. The molecule has 144 valence electrons. The molecule has 2 rings (SSSR count). The van der Waals surface area contributed by atoms with Gasteiger partial charge in [0.15, 0.2) is 0 Å². The molecule has 1 aromatic carbocycles. The molecule has 0 spiro atoms. The zero-order chi connectivity index (χ0) is 20.4. The summed E-state index contributed by atoms with van der Waals surface area (Å²) in [6.45, 7) is 12.2. The van der Waals surface area contributed by atoms with Crippen LogP contribution in [0.3, 0.4) is 0 Å². The van der Waals surface area contributed by atoms with E-state index in [1.807, 2.05) is 31.2 Å². The van der Waals surface area contributed by atoms with Crippen molar-refractivity contribution < 1.29 is 14.6 Å². The molecule has 1 aromatic rings. The van der Waals surface area contributed by atoms with Gasteiger partial charge < -0.3 is 14.7 Å². The highest BCUT2D eigenvalue weighted by molar-refractivity contribution is 5.98. The predicted octanol–water partition coefficient (Wildman–Crippen LogP) is 3.93. The number of carbonyl (C=O) groups is 1. The number of fused-ring (bicyclic) bond motifs is 1. The zero-order valence-corrected chi connectivity index (χ0v) is 17.0. The Balaban J connectivity index is 2.44. The Morgan fingerprint density at radius 2 is 2.04 bits per heavy atom. The van der Waals surface area contributed by atoms with E-state index in [-0.39, 0.29) is 17.7 Å². The van der Waals surface area contributed by atoms with Crippen molar-refractivity contribution in [2.45, 2.75) is 52.7 Å². The zero-order valence-electron chi connectivity index (χ0n) is 17.0. The Bertz CT molecular complexity index is 836. The average molecular weight is 368 g/mol. The molecule has 1 aliphatic rings. The molecule has 0 saturated carbocycles. The van der Waals surface area contributed by atoms with E-state index in [0.29, 0.717) is 6.54 Å². The Labute approximate surface area is 161 Å². The number of esters is 1. The average Bonchev–Trinajstić information content (AvgIpc) is 2.54.